The van der Waals surface area contributed by atoms with E-state index in [-0.39, 0.29) is 6.10 Å². The van der Waals surface area contributed by atoms with Crippen LogP contribution in [0.15, 0.2) is 18.2 Å². The summed E-state index contributed by atoms with van der Waals surface area (Å²) in [6.45, 7) is 7.47. The highest BCUT2D eigenvalue weighted by atomic mass is 16.5. The number of hydrogen-bond acceptors (Lipinski definition) is 2. The molecule has 0 amide bonds. The van der Waals surface area contributed by atoms with Crippen LogP contribution in [0.2, 0.25) is 0 Å². The van der Waals surface area contributed by atoms with Gasteiger partial charge in [-0.2, -0.15) is 0 Å². The normalized spacial score (nSPS) is 20.6. The second-order valence-electron chi connectivity index (χ2n) is 6.58. The third kappa shape index (κ3) is 2.94. The maximum atomic E-state index is 5.83. The lowest BCUT2D eigenvalue weighted by molar-refractivity contribution is 0.240. The van der Waals surface area contributed by atoms with Crippen LogP contribution in [0.25, 0.3) is 0 Å². The monoisotopic (exact) mass is 259 g/mol. The molecule has 0 heterocycles. The number of rotatable bonds is 6. The molecular weight excluding hydrogens is 234 g/mol. The standard InChI is InChI=1S/C17H25NO/c1-12(2)19-16-7-4-14(10-13(16)3)17(8-9-17)11-18-15-5-6-15/h4,7,10,12,15,18H,5-6,8-9,11H2,1-3H3. The zero-order chi connectivity index (χ0) is 13.5. The van der Waals surface area contributed by atoms with Crippen molar-refractivity contribution < 1.29 is 4.74 Å². The molecule has 2 aliphatic rings. The van der Waals surface area contributed by atoms with Gasteiger partial charge in [0.2, 0.25) is 0 Å². The van der Waals surface area contributed by atoms with E-state index < -0.39 is 0 Å². The molecule has 1 N–H and O–H groups in total. The number of aryl methyl sites for hydroxylation is 1. The van der Waals surface area contributed by atoms with Gasteiger partial charge in [-0.25, -0.2) is 0 Å². The van der Waals surface area contributed by atoms with Crippen molar-refractivity contribution in [3.8, 4) is 5.75 Å². The molecule has 1 aromatic rings. The molecule has 0 aromatic heterocycles. The number of benzene rings is 1. The quantitative estimate of drug-likeness (QED) is 0.843. The maximum absolute atomic E-state index is 5.83. The van der Waals surface area contributed by atoms with Crippen molar-refractivity contribution in [3.05, 3.63) is 29.3 Å². The zero-order valence-corrected chi connectivity index (χ0v) is 12.3. The number of ether oxygens (including phenoxy) is 1. The van der Waals surface area contributed by atoms with Crippen LogP contribution in [0.1, 0.15) is 50.7 Å². The minimum Gasteiger partial charge on any atom is -0.491 e. The van der Waals surface area contributed by atoms with Crippen molar-refractivity contribution >= 4 is 0 Å². The highest BCUT2D eigenvalue weighted by Gasteiger charge is 2.44. The van der Waals surface area contributed by atoms with Crippen molar-refractivity contribution in [1.29, 1.82) is 0 Å². The fourth-order valence-electron chi connectivity index (χ4n) is 2.71. The largest absolute Gasteiger partial charge is 0.491 e. The Balaban J connectivity index is 1.71. The van der Waals surface area contributed by atoms with E-state index in [1.807, 2.05) is 0 Å². The molecule has 0 aliphatic heterocycles. The summed E-state index contributed by atoms with van der Waals surface area (Å²) < 4.78 is 5.83. The molecule has 0 unspecified atom stereocenters. The Morgan fingerprint density at radius 1 is 1.32 bits per heavy atom. The van der Waals surface area contributed by atoms with E-state index >= 15 is 0 Å². The molecule has 19 heavy (non-hydrogen) atoms. The fraction of sp³-hybridized carbons (Fsp3) is 0.647. The second kappa shape index (κ2) is 4.82. The average Bonchev–Trinajstić information content (AvgIpc) is 3.24. The highest BCUT2D eigenvalue weighted by molar-refractivity contribution is 5.42. The van der Waals surface area contributed by atoms with Crippen LogP contribution in [0.5, 0.6) is 5.75 Å². The zero-order valence-electron chi connectivity index (χ0n) is 12.3. The van der Waals surface area contributed by atoms with Crippen LogP contribution in [0.4, 0.5) is 0 Å². The first-order chi connectivity index (χ1) is 9.09. The van der Waals surface area contributed by atoms with Gasteiger partial charge in [0.25, 0.3) is 0 Å². The molecule has 0 radical (unpaired) electrons. The van der Waals surface area contributed by atoms with Crippen molar-refractivity contribution in [2.45, 2.75) is 64.0 Å². The Morgan fingerprint density at radius 2 is 2.05 bits per heavy atom. The molecule has 0 spiro atoms. The van der Waals surface area contributed by atoms with Crippen LogP contribution in [-0.2, 0) is 5.41 Å². The molecule has 0 bridgehead atoms. The Labute approximate surface area is 116 Å². The van der Waals surface area contributed by atoms with Crippen molar-refractivity contribution in [1.82, 2.24) is 5.32 Å². The van der Waals surface area contributed by atoms with E-state index in [0.29, 0.717) is 5.41 Å². The summed E-state index contributed by atoms with van der Waals surface area (Å²) in [6.07, 6.45) is 5.65. The van der Waals surface area contributed by atoms with Gasteiger partial charge in [-0.05, 0) is 63.6 Å². The predicted molar refractivity (Wildman–Crippen MR) is 78.9 cm³/mol. The third-order valence-corrected chi connectivity index (χ3v) is 4.31. The van der Waals surface area contributed by atoms with Crippen molar-refractivity contribution in [3.63, 3.8) is 0 Å². The lowest BCUT2D eigenvalue weighted by Gasteiger charge is -2.19. The Kier molecular flexibility index (Phi) is 3.30. The second-order valence-corrected chi connectivity index (χ2v) is 6.58. The van der Waals surface area contributed by atoms with Crippen LogP contribution in [-0.4, -0.2) is 18.7 Å². The van der Waals surface area contributed by atoms with Gasteiger partial charge in [0.1, 0.15) is 5.75 Å². The fourth-order valence-corrected chi connectivity index (χ4v) is 2.71. The van der Waals surface area contributed by atoms with E-state index in [4.69, 9.17) is 4.74 Å². The first kappa shape index (κ1) is 13.0. The third-order valence-electron chi connectivity index (χ3n) is 4.31. The van der Waals surface area contributed by atoms with Gasteiger partial charge in [0, 0.05) is 18.0 Å². The summed E-state index contributed by atoms with van der Waals surface area (Å²) in [5.74, 6) is 1.03. The molecule has 2 nitrogen and oxygen atoms in total. The van der Waals surface area contributed by atoms with E-state index in [9.17, 15) is 0 Å². The van der Waals surface area contributed by atoms with Crippen LogP contribution in [0.3, 0.4) is 0 Å². The van der Waals surface area contributed by atoms with Crippen molar-refractivity contribution in [2.75, 3.05) is 6.54 Å². The lowest BCUT2D eigenvalue weighted by Crippen LogP contribution is -2.28. The van der Waals surface area contributed by atoms with Crippen molar-refractivity contribution in [2.24, 2.45) is 0 Å². The summed E-state index contributed by atoms with van der Waals surface area (Å²) in [4.78, 5) is 0. The Morgan fingerprint density at radius 3 is 2.58 bits per heavy atom. The predicted octanol–water partition coefficient (Wildman–Crippen LogP) is 3.57. The van der Waals surface area contributed by atoms with Gasteiger partial charge in [-0.3, -0.25) is 0 Å². The SMILES string of the molecule is Cc1cc(C2(CNC3CC3)CC2)ccc1OC(C)C. The van der Waals surface area contributed by atoms with E-state index in [1.165, 1.54) is 36.8 Å². The van der Waals surface area contributed by atoms with Gasteiger partial charge in [-0.1, -0.05) is 12.1 Å². The average molecular weight is 259 g/mol. The first-order valence-corrected chi connectivity index (χ1v) is 7.60. The smallest absolute Gasteiger partial charge is 0.122 e. The van der Waals surface area contributed by atoms with Crippen LogP contribution >= 0.6 is 0 Å². The van der Waals surface area contributed by atoms with Gasteiger partial charge in [-0.15, -0.1) is 0 Å². The van der Waals surface area contributed by atoms with Crippen LogP contribution in [0, 0.1) is 6.92 Å². The molecule has 2 saturated carbocycles. The summed E-state index contributed by atoms with van der Waals surface area (Å²) in [6, 6.07) is 7.56. The molecule has 3 rings (SSSR count). The topological polar surface area (TPSA) is 21.3 Å². The number of nitrogens with one attached hydrogen (secondary N) is 1. The molecule has 104 valence electrons. The molecule has 2 heteroatoms. The van der Waals surface area contributed by atoms with E-state index in [0.717, 1.165) is 18.3 Å². The summed E-state index contributed by atoms with van der Waals surface area (Å²) in [5, 5.41) is 3.69. The van der Waals surface area contributed by atoms with E-state index in [2.05, 4.69) is 44.3 Å². The molecule has 0 atom stereocenters. The van der Waals surface area contributed by atoms with E-state index in [1.54, 1.807) is 0 Å². The van der Waals surface area contributed by atoms with Gasteiger partial charge in [0.05, 0.1) is 6.10 Å². The first-order valence-electron chi connectivity index (χ1n) is 7.60. The lowest BCUT2D eigenvalue weighted by atomic mass is 9.94. The van der Waals surface area contributed by atoms with Crippen LogP contribution < -0.4 is 10.1 Å². The van der Waals surface area contributed by atoms with Gasteiger partial charge >= 0.3 is 0 Å². The maximum Gasteiger partial charge on any atom is 0.122 e. The molecule has 2 aliphatic carbocycles. The number of hydrogen-bond donors (Lipinski definition) is 1. The molecule has 2 fully saturated rings. The van der Waals surface area contributed by atoms with Gasteiger partial charge in [0.15, 0.2) is 0 Å². The molecular formula is C17H25NO. The molecule has 1 aromatic carbocycles. The Bertz CT molecular complexity index is 458. The summed E-state index contributed by atoms with van der Waals surface area (Å²) in [7, 11) is 0. The molecule has 0 saturated heterocycles. The minimum absolute atomic E-state index is 0.246. The minimum atomic E-state index is 0.246. The highest BCUT2D eigenvalue weighted by Crippen LogP contribution is 2.48. The van der Waals surface area contributed by atoms with Gasteiger partial charge < -0.3 is 10.1 Å². The summed E-state index contributed by atoms with van der Waals surface area (Å²) >= 11 is 0. The summed E-state index contributed by atoms with van der Waals surface area (Å²) in [5.41, 5.74) is 3.18. The Hall–Kier alpha value is -1.02.